The van der Waals surface area contributed by atoms with Gasteiger partial charge in [0.05, 0.1) is 28.8 Å². The van der Waals surface area contributed by atoms with Gasteiger partial charge < -0.3 is 10.6 Å². The third-order valence-electron chi connectivity index (χ3n) is 8.22. The second kappa shape index (κ2) is 8.82. The van der Waals surface area contributed by atoms with Gasteiger partial charge in [0.2, 0.25) is 5.65 Å². The first kappa shape index (κ1) is 23.2. The maximum atomic E-state index is 14.7. The number of hydrogen-bond acceptors (Lipinski definition) is 7. The number of H-pyrrole nitrogens is 1. The zero-order chi connectivity index (χ0) is 25.9. The van der Waals surface area contributed by atoms with Crippen molar-refractivity contribution in [2.24, 2.45) is 17.6 Å². The van der Waals surface area contributed by atoms with Gasteiger partial charge in [0.15, 0.2) is 0 Å². The minimum Gasteiger partial charge on any atom is -0.355 e. The summed E-state index contributed by atoms with van der Waals surface area (Å²) in [7, 11) is 0. The molecule has 2 aromatic carbocycles. The molecule has 3 atom stereocenters. The molecule has 0 spiro atoms. The van der Waals surface area contributed by atoms with Gasteiger partial charge in [0, 0.05) is 48.6 Å². The lowest BCUT2D eigenvalue weighted by Crippen LogP contribution is -2.32. The van der Waals surface area contributed by atoms with Crippen molar-refractivity contribution in [2.75, 3.05) is 24.5 Å². The zero-order valence-corrected chi connectivity index (χ0v) is 21.1. The highest BCUT2D eigenvalue weighted by molar-refractivity contribution is 6.36. The number of fused-ring (bicyclic) bond motifs is 2. The Morgan fingerprint density at radius 1 is 1.05 bits per heavy atom. The summed E-state index contributed by atoms with van der Waals surface area (Å²) in [6, 6.07) is 12.8. The Balaban J connectivity index is 1.18. The second-order valence-electron chi connectivity index (χ2n) is 9.93. The van der Waals surface area contributed by atoms with Crippen molar-refractivity contribution in [3.63, 3.8) is 0 Å². The Morgan fingerprint density at radius 2 is 1.92 bits per heavy atom. The van der Waals surface area contributed by atoms with Crippen LogP contribution in [0.2, 0.25) is 5.02 Å². The van der Waals surface area contributed by atoms with Crippen LogP contribution in [-0.2, 0) is 5.41 Å². The van der Waals surface area contributed by atoms with Crippen molar-refractivity contribution in [1.29, 1.82) is 0 Å². The number of benzene rings is 2. The second-order valence-corrected chi connectivity index (χ2v) is 10.3. The van der Waals surface area contributed by atoms with E-state index in [2.05, 4.69) is 25.1 Å². The number of nitrogens with zero attached hydrogens (tertiary/aromatic N) is 6. The number of rotatable bonds is 5. The Morgan fingerprint density at radius 3 is 2.74 bits per heavy atom. The number of nitrogens with two attached hydrogens (primary N) is 1. The quantitative estimate of drug-likeness (QED) is 0.344. The minimum atomic E-state index is -0.317. The van der Waals surface area contributed by atoms with E-state index >= 15 is 0 Å². The van der Waals surface area contributed by atoms with Gasteiger partial charge in [-0.1, -0.05) is 48.0 Å². The lowest BCUT2D eigenvalue weighted by atomic mass is 9.91. The standard InChI is InChI=1S/C28H24ClFN8/c29-24-16(22-12-32-9-10-33-22)4-3-5-17(24)25-26-27(37-36-25)35-23(13-34-26)38-11-8-18-20(14-38)28(18,15-31)19-6-1-2-7-21(19)30/h1-7,9-10,12-13,18,20H,8,11,14-15,31H2,(H,35,36,37)/t18-,20+,28-/m1/s1. The fourth-order valence-electron chi connectivity index (χ4n) is 6.32. The highest BCUT2D eigenvalue weighted by Crippen LogP contribution is 2.63. The molecule has 38 heavy (non-hydrogen) atoms. The van der Waals surface area contributed by atoms with Gasteiger partial charge >= 0.3 is 0 Å². The van der Waals surface area contributed by atoms with Gasteiger partial charge in [-0.2, -0.15) is 5.10 Å². The first-order valence-electron chi connectivity index (χ1n) is 12.6. The maximum Gasteiger partial charge on any atom is 0.202 e. The first-order valence-corrected chi connectivity index (χ1v) is 13.0. The first-order chi connectivity index (χ1) is 18.6. The molecule has 10 heteroatoms. The highest BCUT2D eigenvalue weighted by Gasteiger charge is 2.66. The summed E-state index contributed by atoms with van der Waals surface area (Å²) in [5.74, 6) is 1.22. The SMILES string of the molecule is NC[C@]1(c2ccccc2F)[C@@H]2CCN(c3cnc4c(-c5cccc(-c6cnccn6)c5Cl)[nH]nc4n3)C[C@@H]21. The van der Waals surface area contributed by atoms with Crippen LogP contribution in [0.4, 0.5) is 10.2 Å². The van der Waals surface area contributed by atoms with Crippen LogP contribution >= 0.6 is 11.6 Å². The average Bonchev–Trinajstić information content (AvgIpc) is 3.42. The lowest BCUT2D eigenvalue weighted by molar-refractivity contribution is 0.533. The molecule has 3 aromatic heterocycles. The maximum absolute atomic E-state index is 14.7. The van der Waals surface area contributed by atoms with Crippen LogP contribution < -0.4 is 10.6 Å². The van der Waals surface area contributed by atoms with Gasteiger partial charge in [-0.15, -0.1) is 0 Å². The Bertz CT molecular complexity index is 1660. The molecular formula is C28H24ClFN8. The topological polar surface area (TPSA) is 110 Å². The molecule has 0 amide bonds. The van der Waals surface area contributed by atoms with E-state index in [1.807, 2.05) is 30.3 Å². The summed E-state index contributed by atoms with van der Waals surface area (Å²) in [5, 5.41) is 8.05. The van der Waals surface area contributed by atoms with Crippen molar-refractivity contribution >= 4 is 28.6 Å². The van der Waals surface area contributed by atoms with E-state index in [0.717, 1.165) is 42.0 Å². The summed E-state index contributed by atoms with van der Waals surface area (Å²) in [4.78, 5) is 20.3. The fourth-order valence-corrected chi connectivity index (χ4v) is 6.64. The van der Waals surface area contributed by atoms with Gasteiger partial charge in [-0.3, -0.25) is 15.1 Å². The smallest absolute Gasteiger partial charge is 0.202 e. The van der Waals surface area contributed by atoms with E-state index in [9.17, 15) is 4.39 Å². The molecule has 0 bridgehead atoms. The van der Waals surface area contributed by atoms with Gasteiger partial charge in [0.1, 0.15) is 17.2 Å². The molecule has 0 unspecified atom stereocenters. The van der Waals surface area contributed by atoms with E-state index in [1.165, 1.54) is 6.07 Å². The molecule has 190 valence electrons. The van der Waals surface area contributed by atoms with Crippen LogP contribution in [0.15, 0.2) is 67.3 Å². The fraction of sp³-hybridized carbons (Fsp3) is 0.250. The summed E-state index contributed by atoms with van der Waals surface area (Å²) >= 11 is 6.80. The molecular weight excluding hydrogens is 503 g/mol. The Hall–Kier alpha value is -3.95. The highest BCUT2D eigenvalue weighted by atomic mass is 35.5. The lowest BCUT2D eigenvalue weighted by Gasteiger charge is -2.26. The van der Waals surface area contributed by atoms with Crippen LogP contribution in [0, 0.1) is 17.7 Å². The third-order valence-corrected chi connectivity index (χ3v) is 8.63. The summed E-state index contributed by atoms with van der Waals surface area (Å²) in [6.45, 7) is 1.99. The molecule has 8 nitrogen and oxygen atoms in total. The normalized spacial score (nSPS) is 22.4. The molecule has 3 N–H and O–H groups in total. The molecule has 4 heterocycles. The van der Waals surface area contributed by atoms with Crippen molar-refractivity contribution in [3.05, 3.63) is 83.7 Å². The van der Waals surface area contributed by atoms with Crippen LogP contribution in [-0.4, -0.2) is 49.8 Å². The van der Waals surface area contributed by atoms with Crippen molar-refractivity contribution in [2.45, 2.75) is 11.8 Å². The number of aromatic amines is 1. The summed E-state index contributed by atoms with van der Waals surface area (Å²) < 4.78 is 14.7. The Kier molecular flexibility index (Phi) is 5.38. The minimum absolute atomic E-state index is 0.175. The molecule has 1 aliphatic carbocycles. The van der Waals surface area contributed by atoms with Crippen LogP contribution in [0.5, 0.6) is 0 Å². The van der Waals surface area contributed by atoms with E-state index in [1.54, 1.807) is 30.9 Å². The zero-order valence-electron chi connectivity index (χ0n) is 20.4. The number of nitrogens with one attached hydrogen (secondary N) is 1. The Labute approximate surface area is 223 Å². The number of anilines is 1. The number of piperidine rings is 1. The number of aromatic nitrogens is 6. The largest absolute Gasteiger partial charge is 0.355 e. The van der Waals surface area contributed by atoms with Crippen molar-refractivity contribution in [3.8, 4) is 22.5 Å². The van der Waals surface area contributed by atoms with Crippen LogP contribution in [0.3, 0.4) is 0 Å². The van der Waals surface area contributed by atoms with E-state index in [0.29, 0.717) is 40.0 Å². The number of hydrogen-bond donors (Lipinski definition) is 2. The molecule has 1 saturated carbocycles. The van der Waals surface area contributed by atoms with Gasteiger partial charge in [0.25, 0.3) is 0 Å². The third kappa shape index (κ3) is 3.42. The van der Waals surface area contributed by atoms with Gasteiger partial charge in [-0.25, -0.2) is 14.4 Å². The monoisotopic (exact) mass is 526 g/mol. The van der Waals surface area contributed by atoms with Crippen LogP contribution in [0.1, 0.15) is 12.0 Å². The molecule has 0 radical (unpaired) electrons. The van der Waals surface area contributed by atoms with E-state index in [-0.39, 0.29) is 17.2 Å². The predicted molar refractivity (Wildman–Crippen MR) is 144 cm³/mol. The van der Waals surface area contributed by atoms with E-state index in [4.69, 9.17) is 27.3 Å². The molecule has 7 rings (SSSR count). The molecule has 1 aliphatic heterocycles. The molecule has 2 fully saturated rings. The van der Waals surface area contributed by atoms with Crippen molar-refractivity contribution < 1.29 is 4.39 Å². The summed E-state index contributed by atoms with van der Waals surface area (Å²) in [6.07, 6.45) is 7.63. The van der Waals surface area contributed by atoms with Crippen molar-refractivity contribution in [1.82, 2.24) is 30.1 Å². The average molecular weight is 527 g/mol. The molecule has 1 saturated heterocycles. The van der Waals surface area contributed by atoms with Crippen LogP contribution in [0.25, 0.3) is 33.7 Å². The number of halogens is 2. The molecule has 5 aromatic rings. The molecule has 2 aliphatic rings. The van der Waals surface area contributed by atoms with Gasteiger partial charge in [-0.05, 0) is 29.9 Å². The summed E-state index contributed by atoms with van der Waals surface area (Å²) in [5.41, 5.74) is 10.7. The van der Waals surface area contributed by atoms with E-state index < -0.39 is 0 Å². The predicted octanol–water partition coefficient (Wildman–Crippen LogP) is 4.62.